The third-order valence-electron chi connectivity index (χ3n) is 5.26. The summed E-state index contributed by atoms with van der Waals surface area (Å²) in [5, 5.41) is 6.71. The first-order valence-electron chi connectivity index (χ1n) is 9.08. The van der Waals surface area contributed by atoms with Gasteiger partial charge in [-0.3, -0.25) is 4.40 Å². The summed E-state index contributed by atoms with van der Waals surface area (Å²) in [5.74, 6) is -5.98. The maximum Gasteiger partial charge on any atom is 0.458 e. The topological polar surface area (TPSA) is 69.1 Å². The van der Waals surface area contributed by atoms with E-state index in [0.717, 1.165) is 19.4 Å². The first-order chi connectivity index (χ1) is 14.3. The van der Waals surface area contributed by atoms with Crippen molar-refractivity contribution in [2.75, 3.05) is 0 Å². The van der Waals surface area contributed by atoms with Gasteiger partial charge in [-0.25, -0.2) is 14.4 Å². The number of halogens is 6. The second-order valence-corrected chi connectivity index (χ2v) is 7.53. The van der Waals surface area contributed by atoms with E-state index in [9.17, 15) is 22.0 Å². The summed E-state index contributed by atoms with van der Waals surface area (Å²) in [6.45, 7) is 4.02. The lowest BCUT2D eigenvalue weighted by Crippen LogP contribution is -2.35. The number of nitrogens with zero attached hydrogens (tertiary/aromatic N) is 5. The molecule has 0 radical (unpaired) electrons. The Kier molecular flexibility index (Phi) is 4.53. The molecule has 4 heterocycles. The molecule has 1 atom stereocenters. The predicted octanol–water partition coefficient (Wildman–Crippen LogP) is 5.43. The minimum atomic E-state index is -5.89. The Hall–Kier alpha value is -3.18. The monoisotopic (exact) mass is 443 g/mol. The van der Waals surface area contributed by atoms with E-state index in [2.05, 4.69) is 20.2 Å². The Bertz CT molecular complexity index is 1260. The van der Waals surface area contributed by atoms with Crippen LogP contribution in [0, 0.1) is 5.92 Å². The van der Waals surface area contributed by atoms with Crippen molar-refractivity contribution in [3.63, 3.8) is 0 Å². The van der Waals surface area contributed by atoms with Gasteiger partial charge in [0, 0.05) is 17.1 Å². The van der Waals surface area contributed by atoms with Crippen LogP contribution in [0.2, 0.25) is 0 Å². The van der Waals surface area contributed by atoms with E-state index in [-0.39, 0.29) is 22.9 Å². The number of imidazole rings is 1. The molecule has 0 aliphatic rings. The highest BCUT2D eigenvalue weighted by atomic mass is 19.4. The van der Waals surface area contributed by atoms with Crippen molar-refractivity contribution in [3.05, 3.63) is 42.0 Å². The van der Waals surface area contributed by atoms with E-state index in [1.807, 2.05) is 0 Å². The summed E-state index contributed by atoms with van der Waals surface area (Å²) in [6.07, 6.45) is -3.54. The second kappa shape index (κ2) is 6.66. The highest BCUT2D eigenvalue weighted by molar-refractivity contribution is 5.84. The van der Waals surface area contributed by atoms with E-state index in [1.165, 1.54) is 30.5 Å². The molecule has 0 saturated carbocycles. The van der Waals surface area contributed by atoms with E-state index in [1.54, 1.807) is 0 Å². The van der Waals surface area contributed by atoms with Crippen molar-refractivity contribution in [2.45, 2.75) is 38.5 Å². The van der Waals surface area contributed by atoms with Crippen LogP contribution in [0.15, 0.2) is 35.2 Å². The predicted molar refractivity (Wildman–Crippen MR) is 97.0 cm³/mol. The summed E-state index contributed by atoms with van der Waals surface area (Å²) in [5.41, 5.74) is -4.21. The van der Waals surface area contributed by atoms with Crippen molar-refractivity contribution < 1.29 is 30.8 Å². The van der Waals surface area contributed by atoms with Crippen LogP contribution >= 0.6 is 0 Å². The normalized spacial score (nSPS) is 15.2. The Balaban J connectivity index is 2.10. The molecule has 4 aromatic heterocycles. The summed E-state index contributed by atoms with van der Waals surface area (Å²) >= 11 is 0. The van der Waals surface area contributed by atoms with Gasteiger partial charge in [-0.15, -0.1) is 10.2 Å². The fraction of sp³-hybridized carbons (Fsp3) is 0.368. The van der Waals surface area contributed by atoms with Crippen molar-refractivity contribution in [2.24, 2.45) is 5.92 Å². The summed E-state index contributed by atoms with van der Waals surface area (Å²) in [7, 11) is 0. The maximum absolute atomic E-state index is 15.3. The molecule has 0 unspecified atom stereocenters. The van der Waals surface area contributed by atoms with Gasteiger partial charge in [-0.1, -0.05) is 13.8 Å². The maximum atomic E-state index is 15.3. The average molecular weight is 443 g/mol. The zero-order valence-electron chi connectivity index (χ0n) is 16.4. The van der Waals surface area contributed by atoms with E-state index in [0.29, 0.717) is 6.07 Å². The van der Waals surface area contributed by atoms with Gasteiger partial charge in [0.1, 0.15) is 17.0 Å². The molecule has 12 heteroatoms. The van der Waals surface area contributed by atoms with Gasteiger partial charge < -0.3 is 4.42 Å². The molecule has 4 rings (SSSR count). The fourth-order valence-corrected chi connectivity index (χ4v) is 3.08. The molecular weight excluding hydrogens is 428 g/mol. The second-order valence-electron chi connectivity index (χ2n) is 7.53. The lowest BCUT2D eigenvalue weighted by atomic mass is 9.88. The quantitative estimate of drug-likeness (QED) is 0.394. The average Bonchev–Trinajstić information content (AvgIpc) is 3.35. The Labute approximate surface area is 170 Å². The summed E-state index contributed by atoms with van der Waals surface area (Å²) < 4.78 is 90.1. The SMILES string of the molecule is CC(C)[C@@](C)(F)c1cc(C(F)(F)C(F)(F)F)c2ccc3nc(-c4nnco4)cn3c2n1. The highest BCUT2D eigenvalue weighted by Gasteiger charge is 2.59. The number of pyridine rings is 2. The molecule has 0 saturated heterocycles. The highest BCUT2D eigenvalue weighted by Crippen LogP contribution is 2.47. The van der Waals surface area contributed by atoms with Crippen LogP contribution < -0.4 is 0 Å². The van der Waals surface area contributed by atoms with Gasteiger partial charge in [0.25, 0.3) is 5.89 Å². The molecule has 0 fully saturated rings. The minimum Gasteiger partial charge on any atom is -0.422 e. The van der Waals surface area contributed by atoms with E-state index in [4.69, 9.17) is 4.42 Å². The van der Waals surface area contributed by atoms with Crippen LogP contribution in [-0.2, 0) is 11.6 Å². The molecule has 31 heavy (non-hydrogen) atoms. The van der Waals surface area contributed by atoms with Crippen LogP contribution in [-0.4, -0.2) is 30.7 Å². The van der Waals surface area contributed by atoms with Gasteiger partial charge in [-0.2, -0.15) is 22.0 Å². The summed E-state index contributed by atoms with van der Waals surface area (Å²) in [6, 6.07) is 2.78. The Morgan fingerprint density at radius 3 is 2.32 bits per heavy atom. The van der Waals surface area contributed by atoms with Crippen LogP contribution in [0.1, 0.15) is 32.0 Å². The van der Waals surface area contributed by atoms with E-state index >= 15 is 4.39 Å². The zero-order chi connectivity index (χ0) is 22.8. The number of alkyl halides is 6. The molecule has 0 bridgehead atoms. The Morgan fingerprint density at radius 1 is 1.03 bits per heavy atom. The number of hydrogen-bond donors (Lipinski definition) is 0. The minimum absolute atomic E-state index is 0.00589. The fourth-order valence-electron chi connectivity index (χ4n) is 3.08. The molecule has 0 N–H and O–H groups in total. The smallest absolute Gasteiger partial charge is 0.422 e. The number of rotatable bonds is 4. The largest absolute Gasteiger partial charge is 0.458 e. The molecule has 6 nitrogen and oxygen atoms in total. The van der Waals surface area contributed by atoms with Gasteiger partial charge in [-0.05, 0) is 31.0 Å². The van der Waals surface area contributed by atoms with Crippen molar-refractivity contribution in [1.29, 1.82) is 0 Å². The van der Waals surface area contributed by atoms with Crippen molar-refractivity contribution in [1.82, 2.24) is 24.6 Å². The Morgan fingerprint density at radius 2 is 1.74 bits per heavy atom. The molecule has 0 spiro atoms. The number of hydrogen-bond acceptors (Lipinski definition) is 5. The molecular formula is C19H15F6N5O. The lowest BCUT2D eigenvalue weighted by molar-refractivity contribution is -0.288. The van der Waals surface area contributed by atoms with E-state index < -0.39 is 40.3 Å². The number of fused-ring (bicyclic) bond motifs is 3. The molecule has 164 valence electrons. The summed E-state index contributed by atoms with van der Waals surface area (Å²) in [4.78, 5) is 8.32. The number of aromatic nitrogens is 5. The van der Waals surface area contributed by atoms with Crippen LogP contribution in [0.25, 0.3) is 28.3 Å². The van der Waals surface area contributed by atoms with Gasteiger partial charge in [0.05, 0.1) is 5.69 Å². The molecule has 0 aliphatic heterocycles. The van der Waals surface area contributed by atoms with Gasteiger partial charge in [0.15, 0.2) is 5.67 Å². The van der Waals surface area contributed by atoms with Gasteiger partial charge >= 0.3 is 12.1 Å². The van der Waals surface area contributed by atoms with Crippen molar-refractivity contribution >= 4 is 16.7 Å². The zero-order valence-corrected chi connectivity index (χ0v) is 16.4. The van der Waals surface area contributed by atoms with Crippen LogP contribution in [0.3, 0.4) is 0 Å². The van der Waals surface area contributed by atoms with Crippen LogP contribution in [0.5, 0.6) is 0 Å². The standard InChI is InChI=1S/C19H15F6N5O/c1-9(2)17(3,20)13-6-11(18(21,22)19(23,24)25)10-4-5-14-27-12(16-29-26-8-31-16)7-30(14)15(10)28-13/h4-9H,1-3H3/t17-/m1/s1. The third-order valence-corrected chi connectivity index (χ3v) is 5.26. The van der Waals surface area contributed by atoms with Gasteiger partial charge in [0.2, 0.25) is 6.39 Å². The van der Waals surface area contributed by atoms with Crippen molar-refractivity contribution in [3.8, 4) is 11.6 Å². The molecule has 4 aromatic rings. The molecule has 0 aromatic carbocycles. The first-order valence-corrected chi connectivity index (χ1v) is 9.08. The molecule has 0 aliphatic carbocycles. The van der Waals surface area contributed by atoms with Crippen LogP contribution in [0.4, 0.5) is 26.3 Å². The molecule has 0 amide bonds. The third kappa shape index (κ3) is 3.20. The lowest BCUT2D eigenvalue weighted by Gasteiger charge is -2.27. The first kappa shape index (κ1) is 21.1.